The zero-order chi connectivity index (χ0) is 14.9. The Labute approximate surface area is 137 Å². The van der Waals surface area contributed by atoms with Crippen LogP contribution in [0, 0.1) is 0 Å². The molecule has 0 radical (unpaired) electrons. The molecule has 0 heterocycles. The van der Waals surface area contributed by atoms with E-state index in [0.29, 0.717) is 0 Å². The van der Waals surface area contributed by atoms with Crippen LogP contribution in [-0.4, -0.2) is 6.54 Å². The number of nitrogens with one attached hydrogen (secondary N) is 2. The SMILES string of the molecule is CCCC/C=C(\CNSS)Nc1cccc2c1CCC=C2. The summed E-state index contributed by atoms with van der Waals surface area (Å²) >= 11 is 4.15. The molecule has 2 nitrogen and oxygen atoms in total. The lowest BCUT2D eigenvalue weighted by molar-refractivity contribution is 0.808. The van der Waals surface area contributed by atoms with Crippen molar-refractivity contribution in [2.24, 2.45) is 0 Å². The van der Waals surface area contributed by atoms with Crippen LogP contribution in [0.1, 0.15) is 43.7 Å². The van der Waals surface area contributed by atoms with Crippen LogP contribution < -0.4 is 10.0 Å². The largest absolute Gasteiger partial charge is 0.358 e. The summed E-state index contributed by atoms with van der Waals surface area (Å²) in [6.07, 6.45) is 12.6. The average Bonchev–Trinajstić information content (AvgIpc) is 2.53. The molecule has 21 heavy (non-hydrogen) atoms. The standard InChI is InChI=1S/C17H24N2S2/c1-2-3-4-10-15(13-18-21-20)19-17-12-7-9-14-8-5-6-11-16(14)17/h5,7-10,12,18-20H,2-4,6,11,13H2,1H3/b15-10+. The number of fused-ring (bicyclic) bond motifs is 1. The molecule has 0 unspecified atom stereocenters. The summed E-state index contributed by atoms with van der Waals surface area (Å²) in [5.41, 5.74) is 5.24. The van der Waals surface area contributed by atoms with Crippen LogP contribution in [0.15, 0.2) is 36.0 Å². The molecule has 1 aromatic rings. The number of hydrogen-bond acceptors (Lipinski definition) is 4. The summed E-state index contributed by atoms with van der Waals surface area (Å²) in [5, 5.41) is 3.62. The predicted octanol–water partition coefficient (Wildman–Crippen LogP) is 5.21. The summed E-state index contributed by atoms with van der Waals surface area (Å²) in [7, 11) is 1.36. The summed E-state index contributed by atoms with van der Waals surface area (Å²) in [6, 6.07) is 6.50. The summed E-state index contributed by atoms with van der Waals surface area (Å²) < 4.78 is 3.21. The molecule has 0 atom stereocenters. The third-order valence-corrected chi connectivity index (χ3v) is 4.30. The Kier molecular flexibility index (Phi) is 7.27. The van der Waals surface area contributed by atoms with Gasteiger partial charge in [-0.2, -0.15) is 0 Å². The van der Waals surface area contributed by atoms with Gasteiger partial charge in [-0.05, 0) is 47.4 Å². The fourth-order valence-corrected chi connectivity index (χ4v) is 2.94. The number of benzene rings is 1. The molecular weight excluding hydrogens is 296 g/mol. The van der Waals surface area contributed by atoms with E-state index in [1.165, 1.54) is 46.3 Å². The maximum atomic E-state index is 4.15. The second kappa shape index (κ2) is 9.23. The lowest BCUT2D eigenvalue weighted by atomic mass is 9.95. The summed E-state index contributed by atoms with van der Waals surface area (Å²) in [4.78, 5) is 0. The molecule has 0 fully saturated rings. The van der Waals surface area contributed by atoms with Crippen molar-refractivity contribution in [2.45, 2.75) is 39.0 Å². The lowest BCUT2D eigenvalue weighted by Crippen LogP contribution is -2.15. The monoisotopic (exact) mass is 320 g/mol. The molecule has 1 aromatic carbocycles. The van der Waals surface area contributed by atoms with Crippen molar-refractivity contribution in [1.82, 2.24) is 4.72 Å². The minimum absolute atomic E-state index is 0.803. The Morgan fingerprint density at radius 3 is 3.14 bits per heavy atom. The molecule has 0 aliphatic heterocycles. The van der Waals surface area contributed by atoms with Gasteiger partial charge in [0.05, 0.1) is 0 Å². The first kappa shape index (κ1) is 16.5. The van der Waals surface area contributed by atoms with Crippen molar-refractivity contribution < 1.29 is 0 Å². The fraction of sp³-hybridized carbons (Fsp3) is 0.412. The maximum Gasteiger partial charge on any atom is 0.0465 e. The van der Waals surface area contributed by atoms with Crippen LogP contribution in [0.4, 0.5) is 5.69 Å². The highest BCUT2D eigenvalue weighted by atomic mass is 33.1. The highest BCUT2D eigenvalue weighted by molar-refractivity contribution is 8.67. The van der Waals surface area contributed by atoms with Crippen LogP contribution in [0.25, 0.3) is 6.08 Å². The molecule has 2 rings (SSSR count). The molecule has 0 saturated heterocycles. The van der Waals surface area contributed by atoms with E-state index in [-0.39, 0.29) is 0 Å². The van der Waals surface area contributed by atoms with Gasteiger partial charge >= 0.3 is 0 Å². The van der Waals surface area contributed by atoms with E-state index in [1.54, 1.807) is 0 Å². The lowest BCUT2D eigenvalue weighted by Gasteiger charge is -2.18. The molecule has 2 N–H and O–H groups in total. The molecule has 0 saturated carbocycles. The van der Waals surface area contributed by atoms with Gasteiger partial charge in [0.2, 0.25) is 0 Å². The van der Waals surface area contributed by atoms with E-state index < -0.39 is 0 Å². The molecule has 1 aliphatic carbocycles. The maximum absolute atomic E-state index is 4.15. The molecule has 0 aromatic heterocycles. The zero-order valence-electron chi connectivity index (χ0n) is 12.6. The van der Waals surface area contributed by atoms with Gasteiger partial charge in [0.25, 0.3) is 0 Å². The van der Waals surface area contributed by atoms with Gasteiger partial charge in [-0.3, -0.25) is 0 Å². The topological polar surface area (TPSA) is 24.1 Å². The van der Waals surface area contributed by atoms with Crippen LogP contribution in [0.3, 0.4) is 0 Å². The Hall–Kier alpha value is -0.840. The van der Waals surface area contributed by atoms with Crippen molar-refractivity contribution >= 4 is 34.4 Å². The summed E-state index contributed by atoms with van der Waals surface area (Å²) in [5.74, 6) is 0. The van der Waals surface area contributed by atoms with Gasteiger partial charge in [0.15, 0.2) is 0 Å². The van der Waals surface area contributed by atoms with Gasteiger partial charge in [0, 0.05) is 17.9 Å². The Morgan fingerprint density at radius 2 is 2.33 bits per heavy atom. The third-order valence-electron chi connectivity index (χ3n) is 3.64. The van der Waals surface area contributed by atoms with E-state index in [4.69, 9.17) is 0 Å². The minimum atomic E-state index is 0.803. The zero-order valence-corrected chi connectivity index (χ0v) is 14.3. The second-order valence-corrected chi connectivity index (χ2v) is 6.24. The van der Waals surface area contributed by atoms with Crippen LogP contribution in [0.2, 0.25) is 0 Å². The molecule has 0 spiro atoms. The van der Waals surface area contributed by atoms with E-state index in [0.717, 1.165) is 25.8 Å². The molecule has 114 valence electrons. The van der Waals surface area contributed by atoms with Crippen LogP contribution >= 0.6 is 22.6 Å². The predicted molar refractivity (Wildman–Crippen MR) is 99.6 cm³/mol. The van der Waals surface area contributed by atoms with E-state index in [1.807, 2.05) is 0 Å². The number of rotatable bonds is 8. The molecule has 1 aliphatic rings. The van der Waals surface area contributed by atoms with Gasteiger partial charge in [-0.1, -0.05) is 61.8 Å². The van der Waals surface area contributed by atoms with E-state index >= 15 is 0 Å². The smallest absolute Gasteiger partial charge is 0.0465 e. The van der Waals surface area contributed by atoms with Gasteiger partial charge in [-0.25, -0.2) is 4.72 Å². The second-order valence-electron chi connectivity index (χ2n) is 5.22. The number of anilines is 1. The van der Waals surface area contributed by atoms with Crippen molar-refractivity contribution in [1.29, 1.82) is 0 Å². The minimum Gasteiger partial charge on any atom is -0.358 e. The van der Waals surface area contributed by atoms with Crippen molar-refractivity contribution in [3.63, 3.8) is 0 Å². The highest BCUT2D eigenvalue weighted by Crippen LogP contribution is 2.27. The Balaban J connectivity index is 2.12. The average molecular weight is 321 g/mol. The first-order chi connectivity index (χ1) is 10.3. The first-order valence-electron chi connectivity index (χ1n) is 7.63. The van der Waals surface area contributed by atoms with Gasteiger partial charge < -0.3 is 5.32 Å². The fourth-order valence-electron chi connectivity index (χ4n) is 2.53. The number of unbranched alkanes of at least 4 members (excludes halogenated alkanes) is 2. The quantitative estimate of drug-likeness (QED) is 0.265. The number of hydrogen-bond donors (Lipinski definition) is 3. The van der Waals surface area contributed by atoms with E-state index in [2.05, 4.69) is 65.1 Å². The third kappa shape index (κ3) is 5.13. The van der Waals surface area contributed by atoms with Gasteiger partial charge in [-0.15, -0.1) is 0 Å². The first-order valence-corrected chi connectivity index (χ1v) is 9.49. The molecular formula is C17H24N2S2. The molecule has 0 amide bonds. The number of allylic oxidation sites excluding steroid dienone is 2. The summed E-state index contributed by atoms with van der Waals surface area (Å²) in [6.45, 7) is 3.03. The Morgan fingerprint density at radius 1 is 1.43 bits per heavy atom. The van der Waals surface area contributed by atoms with Gasteiger partial charge in [0.1, 0.15) is 0 Å². The van der Waals surface area contributed by atoms with E-state index in [9.17, 15) is 0 Å². The van der Waals surface area contributed by atoms with Crippen LogP contribution in [-0.2, 0) is 6.42 Å². The van der Waals surface area contributed by atoms with Crippen molar-refractivity contribution in [2.75, 3.05) is 11.9 Å². The Bertz CT molecular complexity index is 510. The molecule has 4 heteroatoms. The number of thiol groups is 1. The molecule has 0 bridgehead atoms. The van der Waals surface area contributed by atoms with Crippen molar-refractivity contribution in [3.05, 3.63) is 47.2 Å². The van der Waals surface area contributed by atoms with Crippen LogP contribution in [0.5, 0.6) is 0 Å². The highest BCUT2D eigenvalue weighted by Gasteiger charge is 2.10. The normalized spacial score (nSPS) is 14.1. The van der Waals surface area contributed by atoms with Crippen molar-refractivity contribution in [3.8, 4) is 0 Å².